The number of rotatable bonds is 7. The largest absolute Gasteiger partial charge is 0.490 e. The molecule has 1 fully saturated rings. The topological polar surface area (TPSA) is 30.5 Å². The van der Waals surface area contributed by atoms with Crippen LogP contribution in [0.1, 0.15) is 33.1 Å². The summed E-state index contributed by atoms with van der Waals surface area (Å²) in [6, 6.07) is 7.83. The number of hydrogen-bond acceptors (Lipinski definition) is 3. The van der Waals surface area contributed by atoms with Crippen molar-refractivity contribution < 1.29 is 9.47 Å². The zero-order chi connectivity index (χ0) is 12.8. The summed E-state index contributed by atoms with van der Waals surface area (Å²) in [6.07, 6.45) is 3.91. The maximum atomic E-state index is 5.77. The van der Waals surface area contributed by atoms with Crippen LogP contribution in [0.3, 0.4) is 0 Å². The van der Waals surface area contributed by atoms with Crippen molar-refractivity contribution >= 4 is 0 Å². The van der Waals surface area contributed by atoms with E-state index < -0.39 is 0 Å². The monoisotopic (exact) mass is 249 g/mol. The lowest BCUT2D eigenvalue weighted by Crippen LogP contribution is -2.49. The van der Waals surface area contributed by atoms with E-state index in [1.165, 1.54) is 19.3 Å². The third kappa shape index (κ3) is 3.39. The van der Waals surface area contributed by atoms with Crippen molar-refractivity contribution in [3.8, 4) is 11.5 Å². The minimum absolute atomic E-state index is 0.350. The summed E-state index contributed by atoms with van der Waals surface area (Å²) in [5.41, 5.74) is 0.350. The molecule has 0 heterocycles. The van der Waals surface area contributed by atoms with Crippen LogP contribution in [0.15, 0.2) is 24.3 Å². The second-order valence-corrected chi connectivity index (χ2v) is 5.07. The van der Waals surface area contributed by atoms with E-state index >= 15 is 0 Å². The molecule has 1 aromatic carbocycles. The van der Waals surface area contributed by atoms with E-state index in [1.807, 2.05) is 31.2 Å². The van der Waals surface area contributed by atoms with Gasteiger partial charge in [-0.15, -0.1) is 0 Å². The predicted octanol–water partition coefficient (Wildman–Crippen LogP) is 3.00. The van der Waals surface area contributed by atoms with Crippen molar-refractivity contribution in [2.45, 2.75) is 38.6 Å². The molecule has 0 unspecified atom stereocenters. The highest BCUT2D eigenvalue weighted by Gasteiger charge is 2.30. The first-order valence-corrected chi connectivity index (χ1v) is 6.83. The van der Waals surface area contributed by atoms with Crippen LogP contribution in [0.4, 0.5) is 0 Å². The number of nitrogens with one attached hydrogen (secondary N) is 1. The van der Waals surface area contributed by atoms with Gasteiger partial charge in [0.05, 0.1) is 6.61 Å². The van der Waals surface area contributed by atoms with Crippen LogP contribution in [0, 0.1) is 0 Å². The predicted molar refractivity (Wildman–Crippen MR) is 73.4 cm³/mol. The Labute approximate surface area is 109 Å². The second kappa shape index (κ2) is 6.10. The molecule has 100 valence electrons. The minimum Gasteiger partial charge on any atom is -0.490 e. The van der Waals surface area contributed by atoms with E-state index in [-0.39, 0.29) is 0 Å². The highest BCUT2D eigenvalue weighted by atomic mass is 16.5. The van der Waals surface area contributed by atoms with Gasteiger partial charge in [0.15, 0.2) is 11.5 Å². The number of hydrogen-bond donors (Lipinski definition) is 1. The lowest BCUT2D eigenvalue weighted by atomic mass is 9.78. The lowest BCUT2D eigenvalue weighted by molar-refractivity contribution is 0.189. The molecule has 0 bridgehead atoms. The summed E-state index contributed by atoms with van der Waals surface area (Å²) < 4.78 is 11.3. The molecule has 0 saturated heterocycles. The van der Waals surface area contributed by atoms with Crippen LogP contribution in [-0.2, 0) is 0 Å². The molecule has 2 rings (SSSR count). The molecular formula is C15H23NO2. The van der Waals surface area contributed by atoms with Gasteiger partial charge >= 0.3 is 0 Å². The fourth-order valence-electron chi connectivity index (χ4n) is 2.24. The van der Waals surface area contributed by atoms with Crippen molar-refractivity contribution in [1.82, 2.24) is 5.32 Å². The summed E-state index contributed by atoms with van der Waals surface area (Å²) >= 11 is 0. The maximum Gasteiger partial charge on any atom is 0.161 e. The zero-order valence-electron chi connectivity index (χ0n) is 11.4. The van der Waals surface area contributed by atoms with Crippen LogP contribution in [0.2, 0.25) is 0 Å². The summed E-state index contributed by atoms with van der Waals surface area (Å²) in [5.74, 6) is 1.66. The first-order valence-electron chi connectivity index (χ1n) is 6.83. The normalized spacial score (nSPS) is 17.0. The Morgan fingerprint density at radius 2 is 1.83 bits per heavy atom. The van der Waals surface area contributed by atoms with E-state index in [2.05, 4.69) is 12.2 Å². The molecule has 0 amide bonds. The van der Waals surface area contributed by atoms with Gasteiger partial charge in [-0.05, 0) is 45.2 Å². The standard InChI is InChI=1S/C15H23NO2/c1-3-17-13-7-4-5-8-14(13)18-12-11-16-15(2)9-6-10-15/h4-5,7-8,16H,3,6,9-12H2,1-2H3. The Hall–Kier alpha value is -1.22. The fourth-order valence-corrected chi connectivity index (χ4v) is 2.24. The first-order chi connectivity index (χ1) is 8.73. The molecule has 1 N–H and O–H groups in total. The van der Waals surface area contributed by atoms with Gasteiger partial charge in [-0.2, -0.15) is 0 Å². The van der Waals surface area contributed by atoms with Crippen molar-refractivity contribution in [3.63, 3.8) is 0 Å². The third-order valence-electron chi connectivity index (χ3n) is 3.52. The minimum atomic E-state index is 0.350. The highest BCUT2D eigenvalue weighted by molar-refractivity contribution is 5.39. The molecule has 0 spiro atoms. The third-order valence-corrected chi connectivity index (χ3v) is 3.52. The molecule has 1 aliphatic rings. The average molecular weight is 249 g/mol. The van der Waals surface area contributed by atoms with Gasteiger partial charge in [0.1, 0.15) is 6.61 Å². The van der Waals surface area contributed by atoms with Crippen molar-refractivity contribution in [1.29, 1.82) is 0 Å². The van der Waals surface area contributed by atoms with E-state index in [0.29, 0.717) is 18.8 Å². The van der Waals surface area contributed by atoms with Gasteiger partial charge in [0.25, 0.3) is 0 Å². The van der Waals surface area contributed by atoms with E-state index in [1.54, 1.807) is 0 Å². The fraction of sp³-hybridized carbons (Fsp3) is 0.600. The molecular weight excluding hydrogens is 226 g/mol. The summed E-state index contributed by atoms with van der Waals surface area (Å²) in [7, 11) is 0. The molecule has 3 nitrogen and oxygen atoms in total. The van der Waals surface area contributed by atoms with Gasteiger partial charge in [-0.25, -0.2) is 0 Å². The Morgan fingerprint density at radius 1 is 1.17 bits per heavy atom. The highest BCUT2D eigenvalue weighted by Crippen LogP contribution is 2.30. The summed E-state index contributed by atoms with van der Waals surface area (Å²) in [4.78, 5) is 0. The molecule has 18 heavy (non-hydrogen) atoms. The van der Waals surface area contributed by atoms with Gasteiger partial charge in [-0.1, -0.05) is 12.1 Å². The van der Waals surface area contributed by atoms with E-state index in [4.69, 9.17) is 9.47 Å². The molecule has 3 heteroatoms. The van der Waals surface area contributed by atoms with Crippen molar-refractivity contribution in [2.24, 2.45) is 0 Å². The number of para-hydroxylation sites is 2. The van der Waals surface area contributed by atoms with Crippen molar-refractivity contribution in [3.05, 3.63) is 24.3 Å². The zero-order valence-corrected chi connectivity index (χ0v) is 11.4. The van der Waals surface area contributed by atoms with Gasteiger partial charge in [0, 0.05) is 12.1 Å². The Kier molecular flexibility index (Phi) is 4.48. The molecule has 0 radical (unpaired) electrons. The lowest BCUT2D eigenvalue weighted by Gasteiger charge is -2.39. The maximum absolute atomic E-state index is 5.77. The van der Waals surface area contributed by atoms with E-state index in [0.717, 1.165) is 18.0 Å². The van der Waals surface area contributed by atoms with Gasteiger partial charge in [0.2, 0.25) is 0 Å². The molecule has 0 atom stereocenters. The smallest absolute Gasteiger partial charge is 0.161 e. The van der Waals surface area contributed by atoms with Crippen LogP contribution >= 0.6 is 0 Å². The van der Waals surface area contributed by atoms with Crippen molar-refractivity contribution in [2.75, 3.05) is 19.8 Å². The van der Waals surface area contributed by atoms with E-state index in [9.17, 15) is 0 Å². The summed E-state index contributed by atoms with van der Waals surface area (Å²) in [6.45, 7) is 6.49. The Balaban J connectivity index is 1.75. The molecule has 0 aliphatic heterocycles. The van der Waals surface area contributed by atoms with Crippen LogP contribution in [-0.4, -0.2) is 25.3 Å². The molecule has 0 aromatic heterocycles. The van der Waals surface area contributed by atoms with Crippen LogP contribution in [0.5, 0.6) is 11.5 Å². The Morgan fingerprint density at radius 3 is 2.39 bits per heavy atom. The van der Waals surface area contributed by atoms with Crippen LogP contribution in [0.25, 0.3) is 0 Å². The Bertz CT molecular complexity index is 375. The molecule has 1 aromatic rings. The average Bonchev–Trinajstić information content (AvgIpc) is 2.35. The molecule has 1 aliphatic carbocycles. The number of ether oxygens (including phenoxy) is 2. The van der Waals surface area contributed by atoms with Crippen LogP contribution < -0.4 is 14.8 Å². The van der Waals surface area contributed by atoms with Gasteiger partial charge in [-0.3, -0.25) is 0 Å². The molecule has 1 saturated carbocycles. The van der Waals surface area contributed by atoms with Gasteiger partial charge < -0.3 is 14.8 Å². The first kappa shape index (κ1) is 13.2. The second-order valence-electron chi connectivity index (χ2n) is 5.07. The summed E-state index contributed by atoms with van der Waals surface area (Å²) in [5, 5.41) is 3.55. The quantitative estimate of drug-likeness (QED) is 0.754. The number of benzene rings is 1. The SMILES string of the molecule is CCOc1ccccc1OCCNC1(C)CCC1.